The number of rotatable bonds is 5. The van der Waals surface area contributed by atoms with Crippen LogP contribution in [0, 0.1) is 0 Å². The standard InChI is InChI=1S/C16H26BrN3/c1-16(2,20-10-8-19(3)9-11-20)13-18-12-14-6-4-5-7-15(14)17/h4-7,18H,8-13H2,1-3H3. The first kappa shape index (κ1) is 16.0. The van der Waals surface area contributed by atoms with Crippen molar-refractivity contribution in [2.45, 2.75) is 25.9 Å². The van der Waals surface area contributed by atoms with Crippen LogP contribution in [0.25, 0.3) is 0 Å². The van der Waals surface area contributed by atoms with Crippen LogP contribution in [0.15, 0.2) is 28.7 Å². The molecule has 1 aromatic rings. The monoisotopic (exact) mass is 339 g/mol. The zero-order chi connectivity index (χ0) is 14.6. The van der Waals surface area contributed by atoms with Crippen molar-refractivity contribution in [1.82, 2.24) is 15.1 Å². The highest BCUT2D eigenvalue weighted by atomic mass is 79.9. The fourth-order valence-corrected chi connectivity index (χ4v) is 3.09. The summed E-state index contributed by atoms with van der Waals surface area (Å²) in [6.07, 6.45) is 0. The highest BCUT2D eigenvalue weighted by Gasteiger charge is 2.28. The van der Waals surface area contributed by atoms with Gasteiger partial charge in [0.2, 0.25) is 0 Å². The molecule has 1 N–H and O–H groups in total. The van der Waals surface area contributed by atoms with E-state index in [1.807, 2.05) is 0 Å². The van der Waals surface area contributed by atoms with Gasteiger partial charge in [0, 0.05) is 49.3 Å². The van der Waals surface area contributed by atoms with E-state index in [-0.39, 0.29) is 5.54 Å². The van der Waals surface area contributed by atoms with Crippen LogP contribution >= 0.6 is 15.9 Å². The van der Waals surface area contributed by atoms with Gasteiger partial charge in [0.25, 0.3) is 0 Å². The number of nitrogens with one attached hydrogen (secondary N) is 1. The van der Waals surface area contributed by atoms with E-state index in [1.165, 1.54) is 36.2 Å². The highest BCUT2D eigenvalue weighted by molar-refractivity contribution is 9.10. The topological polar surface area (TPSA) is 18.5 Å². The number of nitrogens with zero attached hydrogens (tertiary/aromatic N) is 2. The summed E-state index contributed by atoms with van der Waals surface area (Å²) in [5.74, 6) is 0. The maximum atomic E-state index is 3.61. The molecule has 0 bridgehead atoms. The van der Waals surface area contributed by atoms with Gasteiger partial charge in [-0.2, -0.15) is 0 Å². The second-order valence-electron chi connectivity index (χ2n) is 6.30. The maximum Gasteiger partial charge on any atom is 0.0278 e. The van der Waals surface area contributed by atoms with E-state index in [2.05, 4.69) is 76.2 Å². The summed E-state index contributed by atoms with van der Waals surface area (Å²) in [5.41, 5.74) is 1.53. The van der Waals surface area contributed by atoms with Gasteiger partial charge in [-0.05, 0) is 32.5 Å². The van der Waals surface area contributed by atoms with Crippen molar-refractivity contribution in [2.24, 2.45) is 0 Å². The number of hydrogen-bond acceptors (Lipinski definition) is 3. The van der Waals surface area contributed by atoms with E-state index >= 15 is 0 Å². The molecule has 1 aliphatic heterocycles. The van der Waals surface area contributed by atoms with Crippen molar-refractivity contribution in [1.29, 1.82) is 0 Å². The van der Waals surface area contributed by atoms with Crippen LogP contribution in [0.2, 0.25) is 0 Å². The summed E-state index contributed by atoms with van der Waals surface area (Å²) < 4.78 is 1.19. The molecule has 1 aromatic carbocycles. The SMILES string of the molecule is CN1CCN(C(C)(C)CNCc2ccccc2Br)CC1. The van der Waals surface area contributed by atoms with Crippen LogP contribution in [-0.2, 0) is 6.54 Å². The van der Waals surface area contributed by atoms with Gasteiger partial charge in [-0.3, -0.25) is 4.90 Å². The summed E-state index contributed by atoms with van der Waals surface area (Å²) >= 11 is 3.60. The van der Waals surface area contributed by atoms with Crippen molar-refractivity contribution in [2.75, 3.05) is 39.8 Å². The molecular weight excluding hydrogens is 314 g/mol. The van der Waals surface area contributed by atoms with Crippen molar-refractivity contribution in [3.8, 4) is 0 Å². The van der Waals surface area contributed by atoms with Crippen LogP contribution < -0.4 is 5.32 Å². The Morgan fingerprint density at radius 3 is 2.45 bits per heavy atom. The first-order valence-electron chi connectivity index (χ1n) is 7.37. The molecule has 0 radical (unpaired) electrons. The summed E-state index contributed by atoms with van der Waals surface area (Å²) in [6.45, 7) is 11.3. The van der Waals surface area contributed by atoms with Crippen molar-refractivity contribution >= 4 is 15.9 Å². The Kier molecular flexibility index (Phi) is 5.61. The number of likely N-dealkylation sites (N-methyl/N-ethyl adjacent to an activating group) is 1. The van der Waals surface area contributed by atoms with Crippen LogP contribution in [0.1, 0.15) is 19.4 Å². The minimum atomic E-state index is 0.211. The fraction of sp³-hybridized carbons (Fsp3) is 0.625. The summed E-state index contributed by atoms with van der Waals surface area (Å²) in [6, 6.07) is 8.41. The average molecular weight is 340 g/mol. The van der Waals surface area contributed by atoms with E-state index in [1.54, 1.807) is 0 Å². The van der Waals surface area contributed by atoms with Gasteiger partial charge in [-0.15, -0.1) is 0 Å². The quantitative estimate of drug-likeness (QED) is 0.889. The van der Waals surface area contributed by atoms with E-state index in [4.69, 9.17) is 0 Å². The van der Waals surface area contributed by atoms with E-state index < -0.39 is 0 Å². The van der Waals surface area contributed by atoms with Gasteiger partial charge in [-0.25, -0.2) is 0 Å². The van der Waals surface area contributed by atoms with Crippen molar-refractivity contribution in [3.63, 3.8) is 0 Å². The molecule has 1 saturated heterocycles. The van der Waals surface area contributed by atoms with Gasteiger partial charge in [0.1, 0.15) is 0 Å². The Morgan fingerprint density at radius 2 is 1.80 bits per heavy atom. The molecule has 20 heavy (non-hydrogen) atoms. The molecule has 0 saturated carbocycles. The lowest BCUT2D eigenvalue weighted by Gasteiger charge is -2.43. The second kappa shape index (κ2) is 7.03. The van der Waals surface area contributed by atoms with Gasteiger partial charge in [0.15, 0.2) is 0 Å². The van der Waals surface area contributed by atoms with Gasteiger partial charge in [-0.1, -0.05) is 34.1 Å². The first-order valence-corrected chi connectivity index (χ1v) is 8.16. The molecule has 1 heterocycles. The third-order valence-corrected chi connectivity index (χ3v) is 4.96. The number of hydrogen-bond donors (Lipinski definition) is 1. The summed E-state index contributed by atoms with van der Waals surface area (Å²) in [7, 11) is 2.20. The number of halogens is 1. The Morgan fingerprint density at radius 1 is 1.15 bits per heavy atom. The molecule has 0 spiro atoms. The Bertz CT molecular complexity index is 425. The lowest BCUT2D eigenvalue weighted by atomic mass is 10.0. The molecule has 3 nitrogen and oxygen atoms in total. The van der Waals surface area contributed by atoms with Crippen molar-refractivity contribution < 1.29 is 0 Å². The van der Waals surface area contributed by atoms with Crippen LogP contribution in [0.5, 0.6) is 0 Å². The minimum Gasteiger partial charge on any atom is -0.311 e. The molecule has 0 aromatic heterocycles. The molecule has 4 heteroatoms. The zero-order valence-electron chi connectivity index (χ0n) is 12.8. The molecule has 0 aliphatic carbocycles. The van der Waals surface area contributed by atoms with Crippen LogP contribution in [0.4, 0.5) is 0 Å². The average Bonchev–Trinajstić information content (AvgIpc) is 2.41. The molecule has 2 rings (SSSR count). The van der Waals surface area contributed by atoms with Gasteiger partial charge < -0.3 is 10.2 Å². The van der Waals surface area contributed by atoms with E-state index in [0.717, 1.165) is 13.1 Å². The molecular formula is C16H26BrN3. The van der Waals surface area contributed by atoms with Gasteiger partial charge in [0.05, 0.1) is 0 Å². The molecule has 1 aliphatic rings. The lowest BCUT2D eigenvalue weighted by Crippen LogP contribution is -2.57. The third kappa shape index (κ3) is 4.29. The van der Waals surface area contributed by atoms with Crippen LogP contribution in [-0.4, -0.2) is 55.1 Å². The predicted molar refractivity (Wildman–Crippen MR) is 89.0 cm³/mol. The van der Waals surface area contributed by atoms with Gasteiger partial charge >= 0.3 is 0 Å². The Labute approximate surface area is 131 Å². The second-order valence-corrected chi connectivity index (χ2v) is 7.15. The first-order chi connectivity index (χ1) is 9.49. The lowest BCUT2D eigenvalue weighted by molar-refractivity contribution is 0.0618. The van der Waals surface area contributed by atoms with E-state index in [0.29, 0.717) is 0 Å². The normalized spacial score (nSPS) is 18.4. The number of benzene rings is 1. The van der Waals surface area contributed by atoms with Crippen LogP contribution in [0.3, 0.4) is 0 Å². The zero-order valence-corrected chi connectivity index (χ0v) is 14.4. The Hall–Kier alpha value is -0.420. The minimum absolute atomic E-state index is 0.211. The molecule has 0 amide bonds. The third-order valence-electron chi connectivity index (χ3n) is 4.19. The fourth-order valence-electron chi connectivity index (χ4n) is 2.67. The molecule has 1 fully saturated rings. The van der Waals surface area contributed by atoms with Crippen molar-refractivity contribution in [3.05, 3.63) is 34.3 Å². The molecule has 112 valence electrons. The number of piperazine rings is 1. The highest BCUT2D eigenvalue weighted by Crippen LogP contribution is 2.18. The largest absolute Gasteiger partial charge is 0.311 e. The smallest absolute Gasteiger partial charge is 0.0278 e. The molecule has 0 unspecified atom stereocenters. The molecule has 0 atom stereocenters. The predicted octanol–water partition coefficient (Wildman–Crippen LogP) is 2.56. The Balaban J connectivity index is 1.82. The van der Waals surface area contributed by atoms with E-state index in [9.17, 15) is 0 Å². The summed E-state index contributed by atoms with van der Waals surface area (Å²) in [4.78, 5) is 5.00. The summed E-state index contributed by atoms with van der Waals surface area (Å²) in [5, 5.41) is 3.61. The maximum absolute atomic E-state index is 3.61.